The SMILES string of the molecule is C=C(C(=O)OC)C(C)O.CC(C)C[C@@H](N)C(=O)O. The molecule has 0 saturated heterocycles. The summed E-state index contributed by atoms with van der Waals surface area (Å²) in [7, 11) is 1.25. The lowest BCUT2D eigenvalue weighted by molar-refractivity contribution is -0.139. The molecule has 0 aliphatic rings. The first kappa shape index (κ1) is 19.0. The number of carboxylic acid groups (broad SMARTS) is 1. The van der Waals surface area contributed by atoms with E-state index in [9.17, 15) is 9.59 Å². The minimum atomic E-state index is -0.913. The Kier molecular flexibility index (Phi) is 10.1. The normalized spacial score (nSPS) is 13.1. The number of carboxylic acids is 1. The van der Waals surface area contributed by atoms with E-state index in [1.165, 1.54) is 14.0 Å². The predicted octanol–water partition coefficient (Wildman–Crippen LogP) is 0.541. The second kappa shape index (κ2) is 9.61. The minimum Gasteiger partial charge on any atom is -0.480 e. The number of esters is 1. The Balaban J connectivity index is 0. The molecule has 106 valence electrons. The van der Waals surface area contributed by atoms with E-state index in [1.807, 2.05) is 13.8 Å². The summed E-state index contributed by atoms with van der Waals surface area (Å²) in [6.07, 6.45) is -0.271. The third-order valence-electron chi connectivity index (χ3n) is 1.99. The van der Waals surface area contributed by atoms with E-state index in [1.54, 1.807) is 0 Å². The molecule has 0 heterocycles. The quantitative estimate of drug-likeness (QED) is 0.492. The second-order valence-corrected chi connectivity index (χ2v) is 4.27. The average Bonchev–Trinajstić information content (AvgIpc) is 2.26. The highest BCUT2D eigenvalue weighted by Gasteiger charge is 2.12. The van der Waals surface area contributed by atoms with Gasteiger partial charge in [-0.15, -0.1) is 0 Å². The number of ether oxygens (including phenoxy) is 1. The first-order valence-electron chi connectivity index (χ1n) is 5.57. The van der Waals surface area contributed by atoms with Crippen molar-refractivity contribution in [2.75, 3.05) is 7.11 Å². The van der Waals surface area contributed by atoms with Crippen LogP contribution in [0.2, 0.25) is 0 Å². The maximum Gasteiger partial charge on any atom is 0.335 e. The molecule has 0 amide bonds. The highest BCUT2D eigenvalue weighted by atomic mass is 16.5. The molecule has 1 unspecified atom stereocenters. The number of hydrogen-bond donors (Lipinski definition) is 3. The van der Waals surface area contributed by atoms with Crippen molar-refractivity contribution in [3.8, 4) is 0 Å². The van der Waals surface area contributed by atoms with Crippen LogP contribution in [0, 0.1) is 5.92 Å². The van der Waals surface area contributed by atoms with E-state index in [2.05, 4.69) is 11.3 Å². The number of methoxy groups -OCH3 is 1. The van der Waals surface area contributed by atoms with Gasteiger partial charge in [0.2, 0.25) is 0 Å². The van der Waals surface area contributed by atoms with Crippen LogP contribution in [0.1, 0.15) is 27.2 Å². The molecule has 0 aliphatic carbocycles. The summed E-state index contributed by atoms with van der Waals surface area (Å²) in [6, 6.07) is -0.690. The van der Waals surface area contributed by atoms with Gasteiger partial charge >= 0.3 is 11.9 Å². The van der Waals surface area contributed by atoms with Crippen molar-refractivity contribution in [1.29, 1.82) is 0 Å². The molecule has 6 heteroatoms. The maximum absolute atomic E-state index is 10.5. The molecule has 6 nitrogen and oxygen atoms in total. The van der Waals surface area contributed by atoms with E-state index in [0.717, 1.165) is 0 Å². The van der Waals surface area contributed by atoms with E-state index >= 15 is 0 Å². The lowest BCUT2D eigenvalue weighted by Crippen LogP contribution is -2.31. The van der Waals surface area contributed by atoms with Crippen LogP contribution in [0.25, 0.3) is 0 Å². The molecule has 0 radical (unpaired) electrons. The number of nitrogens with two attached hydrogens (primary N) is 1. The zero-order chi connectivity index (χ0) is 14.9. The van der Waals surface area contributed by atoms with Crippen LogP contribution in [0.4, 0.5) is 0 Å². The Morgan fingerprint density at radius 3 is 1.89 bits per heavy atom. The summed E-state index contributed by atoms with van der Waals surface area (Å²) in [4.78, 5) is 20.6. The minimum absolute atomic E-state index is 0.0810. The third kappa shape index (κ3) is 9.80. The van der Waals surface area contributed by atoms with Gasteiger partial charge in [0.25, 0.3) is 0 Å². The number of carbonyl (C=O) groups is 2. The fraction of sp³-hybridized carbons (Fsp3) is 0.667. The van der Waals surface area contributed by atoms with Crippen LogP contribution >= 0.6 is 0 Å². The molecule has 0 aromatic carbocycles. The average molecular weight is 261 g/mol. The lowest BCUT2D eigenvalue weighted by atomic mass is 10.1. The van der Waals surface area contributed by atoms with Gasteiger partial charge in [-0.1, -0.05) is 20.4 Å². The van der Waals surface area contributed by atoms with Crippen molar-refractivity contribution in [3.05, 3.63) is 12.2 Å². The highest BCUT2D eigenvalue weighted by molar-refractivity contribution is 5.88. The van der Waals surface area contributed by atoms with Crippen molar-refractivity contribution < 1.29 is 24.5 Å². The summed E-state index contributed by atoms with van der Waals surface area (Å²) in [5.41, 5.74) is 5.30. The summed E-state index contributed by atoms with van der Waals surface area (Å²) >= 11 is 0. The molecule has 0 saturated carbocycles. The van der Waals surface area contributed by atoms with Gasteiger partial charge in [-0.2, -0.15) is 0 Å². The van der Waals surface area contributed by atoms with E-state index in [-0.39, 0.29) is 5.57 Å². The zero-order valence-corrected chi connectivity index (χ0v) is 11.3. The fourth-order valence-corrected chi connectivity index (χ4v) is 0.910. The van der Waals surface area contributed by atoms with Gasteiger partial charge in [-0.25, -0.2) is 4.79 Å². The summed E-state index contributed by atoms with van der Waals surface area (Å²) in [5.74, 6) is -1.12. The van der Waals surface area contributed by atoms with Gasteiger partial charge in [0.05, 0.1) is 18.8 Å². The van der Waals surface area contributed by atoms with Crippen molar-refractivity contribution in [2.45, 2.75) is 39.3 Å². The summed E-state index contributed by atoms with van der Waals surface area (Å²) in [5, 5.41) is 17.0. The van der Waals surface area contributed by atoms with Crippen LogP contribution in [-0.4, -0.2) is 41.4 Å². The molecule has 18 heavy (non-hydrogen) atoms. The highest BCUT2D eigenvalue weighted by Crippen LogP contribution is 2.01. The Morgan fingerprint density at radius 2 is 1.78 bits per heavy atom. The van der Waals surface area contributed by atoms with Crippen LogP contribution in [0.15, 0.2) is 12.2 Å². The van der Waals surface area contributed by atoms with Gasteiger partial charge < -0.3 is 20.7 Å². The Labute approximate surface area is 107 Å². The van der Waals surface area contributed by atoms with Crippen molar-refractivity contribution in [2.24, 2.45) is 11.7 Å². The largest absolute Gasteiger partial charge is 0.480 e. The summed E-state index contributed by atoms with van der Waals surface area (Å²) < 4.78 is 4.27. The first-order valence-corrected chi connectivity index (χ1v) is 5.57. The van der Waals surface area contributed by atoms with Gasteiger partial charge in [0.15, 0.2) is 0 Å². The molecular weight excluding hydrogens is 238 g/mol. The second-order valence-electron chi connectivity index (χ2n) is 4.27. The first-order chi connectivity index (χ1) is 8.13. The molecule has 0 fully saturated rings. The molecule has 0 aliphatic heterocycles. The Morgan fingerprint density at radius 1 is 1.33 bits per heavy atom. The van der Waals surface area contributed by atoms with Gasteiger partial charge in [0.1, 0.15) is 6.04 Å². The standard InChI is InChI=1S/C6H13NO2.C6H10O3/c1-4(2)3-5(7)6(8)9;1-4(5(2)7)6(8)9-3/h4-5H,3,7H2,1-2H3,(H,8,9);5,7H,1H2,2-3H3/t5-;/m1./s1. The molecule has 0 aromatic rings. The Bertz CT molecular complexity index is 286. The van der Waals surface area contributed by atoms with Crippen LogP contribution < -0.4 is 5.73 Å². The molecular formula is C12H23NO5. The fourth-order valence-electron chi connectivity index (χ4n) is 0.910. The van der Waals surface area contributed by atoms with Crippen LogP contribution in [0.5, 0.6) is 0 Å². The summed E-state index contributed by atoms with van der Waals surface area (Å²) in [6.45, 7) is 8.65. The lowest BCUT2D eigenvalue weighted by Gasteiger charge is -2.07. The topological polar surface area (TPSA) is 110 Å². The van der Waals surface area contributed by atoms with Crippen LogP contribution in [-0.2, 0) is 14.3 Å². The molecule has 0 rings (SSSR count). The number of aliphatic hydroxyl groups is 1. The maximum atomic E-state index is 10.5. The molecule has 0 aromatic heterocycles. The van der Waals surface area contributed by atoms with Gasteiger partial charge in [-0.3, -0.25) is 4.79 Å². The predicted molar refractivity (Wildman–Crippen MR) is 67.9 cm³/mol. The molecule has 0 bridgehead atoms. The Hall–Kier alpha value is -1.40. The molecule has 0 spiro atoms. The van der Waals surface area contributed by atoms with E-state index < -0.39 is 24.1 Å². The number of rotatable bonds is 5. The van der Waals surface area contributed by atoms with E-state index in [4.69, 9.17) is 15.9 Å². The van der Waals surface area contributed by atoms with Crippen LogP contribution in [0.3, 0.4) is 0 Å². The number of carbonyl (C=O) groups excluding carboxylic acids is 1. The van der Waals surface area contributed by atoms with Crippen molar-refractivity contribution in [3.63, 3.8) is 0 Å². The number of aliphatic carboxylic acids is 1. The van der Waals surface area contributed by atoms with Gasteiger partial charge in [-0.05, 0) is 19.3 Å². The van der Waals surface area contributed by atoms with Crippen molar-refractivity contribution >= 4 is 11.9 Å². The molecule has 2 atom stereocenters. The number of aliphatic hydroxyl groups excluding tert-OH is 1. The third-order valence-corrected chi connectivity index (χ3v) is 1.99. The molecule has 4 N–H and O–H groups in total. The zero-order valence-electron chi connectivity index (χ0n) is 11.3. The van der Waals surface area contributed by atoms with E-state index in [0.29, 0.717) is 12.3 Å². The van der Waals surface area contributed by atoms with Crippen molar-refractivity contribution in [1.82, 2.24) is 0 Å². The number of hydrogen-bond acceptors (Lipinski definition) is 5. The smallest absolute Gasteiger partial charge is 0.335 e. The van der Waals surface area contributed by atoms with Gasteiger partial charge in [0, 0.05) is 0 Å². The monoisotopic (exact) mass is 261 g/mol.